The maximum Gasteiger partial charge on any atom is 0.246 e. The van der Waals surface area contributed by atoms with Gasteiger partial charge < -0.3 is 15.4 Å². The third-order valence-electron chi connectivity index (χ3n) is 3.78. The fourth-order valence-electron chi connectivity index (χ4n) is 2.31. The van der Waals surface area contributed by atoms with Crippen LogP contribution in [0.2, 0.25) is 0 Å². The predicted octanol–water partition coefficient (Wildman–Crippen LogP) is 0.917. The first-order valence-corrected chi connectivity index (χ1v) is 6.84. The van der Waals surface area contributed by atoms with Crippen LogP contribution < -0.4 is 10.6 Å². The van der Waals surface area contributed by atoms with E-state index in [9.17, 15) is 4.79 Å². The summed E-state index contributed by atoms with van der Waals surface area (Å²) in [6.07, 6.45) is 4.98. The van der Waals surface area contributed by atoms with Crippen LogP contribution in [0.1, 0.15) is 32.6 Å². The van der Waals surface area contributed by atoms with Gasteiger partial charge >= 0.3 is 0 Å². The van der Waals surface area contributed by atoms with E-state index in [1.54, 1.807) is 0 Å². The summed E-state index contributed by atoms with van der Waals surface area (Å²) in [7, 11) is 0. The molecular formula is C13H24N2O2. The van der Waals surface area contributed by atoms with E-state index in [2.05, 4.69) is 17.6 Å². The molecule has 0 bridgehead atoms. The molecule has 0 aromatic rings. The van der Waals surface area contributed by atoms with Gasteiger partial charge in [-0.25, -0.2) is 0 Å². The molecule has 1 aliphatic carbocycles. The fourth-order valence-corrected chi connectivity index (χ4v) is 2.31. The van der Waals surface area contributed by atoms with Gasteiger partial charge in [0.2, 0.25) is 5.91 Å². The van der Waals surface area contributed by atoms with Crippen molar-refractivity contribution in [3.8, 4) is 0 Å². The van der Waals surface area contributed by atoms with Gasteiger partial charge in [0.05, 0.1) is 6.10 Å². The second-order valence-corrected chi connectivity index (χ2v) is 5.38. The molecule has 2 rings (SSSR count). The largest absolute Gasteiger partial charge is 0.368 e. The Bertz CT molecular complexity index is 248. The maximum atomic E-state index is 11.6. The van der Waals surface area contributed by atoms with Crippen molar-refractivity contribution in [2.24, 2.45) is 11.8 Å². The van der Waals surface area contributed by atoms with Crippen LogP contribution in [-0.4, -0.2) is 38.3 Å². The van der Waals surface area contributed by atoms with Crippen LogP contribution >= 0.6 is 0 Å². The standard InChI is InChI=1S/C13H24N2O2/c1-10(11-2-3-11)8-15-13(16)9-17-12-4-6-14-7-5-12/h10-12,14H,2-9H2,1H3,(H,15,16). The molecule has 1 unspecified atom stereocenters. The first-order chi connectivity index (χ1) is 8.25. The Hall–Kier alpha value is -0.610. The van der Waals surface area contributed by atoms with Crippen molar-refractivity contribution in [2.45, 2.75) is 38.7 Å². The molecule has 0 aromatic carbocycles. The molecule has 1 saturated heterocycles. The highest BCUT2D eigenvalue weighted by molar-refractivity contribution is 5.77. The number of rotatable bonds is 6. The lowest BCUT2D eigenvalue weighted by Gasteiger charge is -2.22. The summed E-state index contributed by atoms with van der Waals surface area (Å²) < 4.78 is 5.60. The zero-order valence-electron chi connectivity index (χ0n) is 10.7. The number of piperidine rings is 1. The molecule has 1 aliphatic heterocycles. The predicted molar refractivity (Wildman–Crippen MR) is 66.7 cm³/mol. The van der Waals surface area contributed by atoms with Crippen LogP contribution in [0.15, 0.2) is 0 Å². The van der Waals surface area contributed by atoms with Crippen LogP contribution in [0.5, 0.6) is 0 Å². The van der Waals surface area contributed by atoms with Crippen LogP contribution in [0.4, 0.5) is 0 Å². The first-order valence-electron chi connectivity index (χ1n) is 6.84. The molecular weight excluding hydrogens is 216 g/mol. The molecule has 0 aromatic heterocycles. The van der Waals surface area contributed by atoms with Gasteiger partial charge in [0, 0.05) is 6.54 Å². The Kier molecular flexibility index (Phi) is 4.80. The number of hydrogen-bond donors (Lipinski definition) is 2. The zero-order valence-corrected chi connectivity index (χ0v) is 10.7. The molecule has 4 heteroatoms. The van der Waals surface area contributed by atoms with Gasteiger partial charge in [0.25, 0.3) is 0 Å². The van der Waals surface area contributed by atoms with Crippen LogP contribution in [0.3, 0.4) is 0 Å². The number of hydrogen-bond acceptors (Lipinski definition) is 3. The average molecular weight is 240 g/mol. The molecule has 1 atom stereocenters. The van der Waals surface area contributed by atoms with Crippen molar-refractivity contribution in [1.29, 1.82) is 0 Å². The Labute approximate surface area is 103 Å². The molecule has 4 nitrogen and oxygen atoms in total. The number of nitrogens with one attached hydrogen (secondary N) is 2. The first kappa shape index (κ1) is 12.8. The Morgan fingerprint density at radius 2 is 2.06 bits per heavy atom. The number of amides is 1. The zero-order chi connectivity index (χ0) is 12.1. The molecule has 1 amide bonds. The van der Waals surface area contributed by atoms with Crippen LogP contribution in [0, 0.1) is 11.8 Å². The molecule has 2 fully saturated rings. The lowest BCUT2D eigenvalue weighted by Crippen LogP contribution is -2.37. The number of carbonyl (C=O) groups is 1. The van der Waals surface area contributed by atoms with E-state index in [1.165, 1.54) is 12.8 Å². The van der Waals surface area contributed by atoms with Crippen molar-refractivity contribution in [3.05, 3.63) is 0 Å². The molecule has 98 valence electrons. The lowest BCUT2D eigenvalue weighted by atomic mass is 10.1. The van der Waals surface area contributed by atoms with Crippen molar-refractivity contribution in [3.63, 3.8) is 0 Å². The van der Waals surface area contributed by atoms with E-state index in [0.717, 1.165) is 38.4 Å². The SMILES string of the molecule is CC(CNC(=O)COC1CCNCC1)C1CC1. The maximum absolute atomic E-state index is 11.6. The third-order valence-corrected chi connectivity index (χ3v) is 3.78. The van der Waals surface area contributed by atoms with Gasteiger partial charge in [-0.3, -0.25) is 4.79 Å². The van der Waals surface area contributed by atoms with Crippen molar-refractivity contribution < 1.29 is 9.53 Å². The molecule has 0 radical (unpaired) electrons. The molecule has 2 N–H and O–H groups in total. The van der Waals surface area contributed by atoms with Crippen LogP contribution in [0.25, 0.3) is 0 Å². The smallest absolute Gasteiger partial charge is 0.246 e. The van der Waals surface area contributed by atoms with Gasteiger partial charge in [-0.05, 0) is 50.6 Å². The summed E-state index contributed by atoms with van der Waals surface area (Å²) in [6.45, 7) is 5.25. The fraction of sp³-hybridized carbons (Fsp3) is 0.923. The number of ether oxygens (including phenoxy) is 1. The molecule has 2 aliphatic rings. The minimum Gasteiger partial charge on any atom is -0.368 e. The van der Waals surface area contributed by atoms with Crippen molar-refractivity contribution >= 4 is 5.91 Å². The van der Waals surface area contributed by atoms with E-state index in [4.69, 9.17) is 4.74 Å². The van der Waals surface area contributed by atoms with E-state index in [-0.39, 0.29) is 18.6 Å². The summed E-state index contributed by atoms with van der Waals surface area (Å²) in [5, 5.41) is 6.25. The molecule has 1 heterocycles. The van der Waals surface area contributed by atoms with Gasteiger partial charge in [-0.2, -0.15) is 0 Å². The van der Waals surface area contributed by atoms with E-state index in [0.29, 0.717) is 5.92 Å². The minimum absolute atomic E-state index is 0.0380. The second-order valence-electron chi connectivity index (χ2n) is 5.38. The Morgan fingerprint density at radius 3 is 2.71 bits per heavy atom. The molecule has 1 saturated carbocycles. The van der Waals surface area contributed by atoms with Crippen molar-refractivity contribution in [2.75, 3.05) is 26.2 Å². The van der Waals surface area contributed by atoms with E-state index in [1.807, 2.05) is 0 Å². The third kappa shape index (κ3) is 4.64. The van der Waals surface area contributed by atoms with Gasteiger partial charge in [-0.15, -0.1) is 0 Å². The highest BCUT2D eigenvalue weighted by atomic mass is 16.5. The monoisotopic (exact) mass is 240 g/mol. The summed E-state index contributed by atoms with van der Waals surface area (Å²) in [5.74, 6) is 1.51. The van der Waals surface area contributed by atoms with Gasteiger partial charge in [0.15, 0.2) is 0 Å². The minimum atomic E-state index is 0.0380. The molecule has 0 spiro atoms. The quantitative estimate of drug-likeness (QED) is 0.726. The average Bonchev–Trinajstić information content (AvgIpc) is 3.19. The highest BCUT2D eigenvalue weighted by Gasteiger charge is 2.27. The Balaban J connectivity index is 1.53. The second kappa shape index (κ2) is 6.36. The topological polar surface area (TPSA) is 50.4 Å². The summed E-state index contributed by atoms with van der Waals surface area (Å²) in [4.78, 5) is 11.6. The highest BCUT2D eigenvalue weighted by Crippen LogP contribution is 2.35. The van der Waals surface area contributed by atoms with E-state index >= 15 is 0 Å². The summed E-state index contributed by atoms with van der Waals surface area (Å²) in [6, 6.07) is 0. The van der Waals surface area contributed by atoms with Gasteiger partial charge in [-0.1, -0.05) is 6.92 Å². The molecule has 17 heavy (non-hydrogen) atoms. The van der Waals surface area contributed by atoms with Gasteiger partial charge in [0.1, 0.15) is 6.61 Å². The van der Waals surface area contributed by atoms with E-state index < -0.39 is 0 Å². The van der Waals surface area contributed by atoms with Crippen molar-refractivity contribution in [1.82, 2.24) is 10.6 Å². The number of carbonyl (C=O) groups excluding carboxylic acids is 1. The summed E-state index contributed by atoms with van der Waals surface area (Å²) in [5.41, 5.74) is 0. The van der Waals surface area contributed by atoms with Crippen LogP contribution in [-0.2, 0) is 9.53 Å². The normalized spacial score (nSPS) is 23.4. The summed E-state index contributed by atoms with van der Waals surface area (Å²) >= 11 is 0. The lowest BCUT2D eigenvalue weighted by molar-refractivity contribution is -0.128. The Morgan fingerprint density at radius 1 is 1.35 bits per heavy atom.